The number of fused-ring (bicyclic) bond motifs is 3. The topological polar surface area (TPSA) is 81.2 Å². The third-order valence-corrected chi connectivity index (χ3v) is 6.60. The molecular weight excluding hydrogens is 406 g/mol. The maximum atomic E-state index is 12.9. The number of esters is 2. The monoisotopic (exact) mass is 431 g/mol. The molecule has 9 heteroatoms. The predicted octanol–water partition coefficient (Wildman–Crippen LogP) is 2.71. The summed E-state index contributed by atoms with van der Waals surface area (Å²) in [6, 6.07) is 5.31. The van der Waals surface area contributed by atoms with Crippen LogP contribution >= 0.6 is 11.3 Å². The molecule has 1 unspecified atom stereocenters. The Morgan fingerprint density at radius 2 is 2.03 bits per heavy atom. The van der Waals surface area contributed by atoms with E-state index in [9.17, 15) is 9.59 Å². The number of carbonyl (C=O) groups excluding carboxylic acids is 2. The molecule has 0 N–H and O–H groups in total. The molecule has 2 aromatic rings. The van der Waals surface area contributed by atoms with Gasteiger partial charge in [0.1, 0.15) is 17.5 Å². The molecule has 3 aliphatic heterocycles. The Morgan fingerprint density at radius 3 is 2.63 bits per heavy atom. The van der Waals surface area contributed by atoms with Gasteiger partial charge in [0.2, 0.25) is 5.88 Å². The number of hydrogen-bond acceptors (Lipinski definition) is 9. The minimum absolute atomic E-state index is 0.0298. The molecule has 0 aliphatic carbocycles. The first-order valence-corrected chi connectivity index (χ1v) is 10.8. The minimum Gasteiger partial charge on any atom is -0.481 e. The summed E-state index contributed by atoms with van der Waals surface area (Å²) in [5, 5.41) is 1.80. The number of carbonyl (C=O) groups is 2. The van der Waals surface area contributed by atoms with Gasteiger partial charge in [-0.05, 0) is 49.4 Å². The third kappa shape index (κ3) is 4.27. The van der Waals surface area contributed by atoms with Crippen molar-refractivity contribution in [3.63, 3.8) is 0 Å². The zero-order valence-electron chi connectivity index (χ0n) is 17.1. The van der Waals surface area contributed by atoms with Crippen molar-refractivity contribution in [2.24, 2.45) is 5.92 Å². The van der Waals surface area contributed by atoms with Crippen LogP contribution in [0.4, 0.5) is 11.4 Å². The number of hydrogen-bond donors (Lipinski definition) is 0. The third-order valence-electron chi connectivity index (χ3n) is 5.71. The summed E-state index contributed by atoms with van der Waals surface area (Å²) in [6.07, 6.45) is 3.68. The molecule has 0 spiro atoms. The van der Waals surface area contributed by atoms with Crippen molar-refractivity contribution < 1.29 is 23.8 Å². The zero-order chi connectivity index (χ0) is 21.1. The van der Waals surface area contributed by atoms with Gasteiger partial charge in [0.25, 0.3) is 0 Å². The number of methoxy groups -OCH3 is 2. The summed E-state index contributed by atoms with van der Waals surface area (Å²) in [6.45, 7) is 2.93. The standard InChI is InChI=1S/C21H25N3O5S/c1-27-18-4-3-15(11-22-18)24(16-7-10-30-20(16)21(26)28-2)13-19(25)29-17-12-23-8-5-14(17)6-9-23/h3-4,7,10-11,14,17H,5-6,8-9,12-13H2,1-2H3. The molecule has 3 aliphatic rings. The van der Waals surface area contributed by atoms with Crippen LogP contribution in [0, 0.1) is 5.92 Å². The molecule has 2 bridgehead atoms. The summed E-state index contributed by atoms with van der Waals surface area (Å²) in [4.78, 5) is 33.9. The summed E-state index contributed by atoms with van der Waals surface area (Å²) >= 11 is 1.27. The first-order valence-electron chi connectivity index (χ1n) is 9.94. The average molecular weight is 432 g/mol. The highest BCUT2D eigenvalue weighted by Gasteiger charge is 2.37. The Kier molecular flexibility index (Phi) is 6.19. The Bertz CT molecular complexity index is 892. The molecule has 0 amide bonds. The lowest BCUT2D eigenvalue weighted by molar-refractivity contribution is -0.156. The second kappa shape index (κ2) is 9.01. The fourth-order valence-electron chi connectivity index (χ4n) is 4.11. The summed E-state index contributed by atoms with van der Waals surface area (Å²) in [5.41, 5.74) is 1.25. The molecular formula is C21H25N3O5S. The largest absolute Gasteiger partial charge is 0.481 e. The predicted molar refractivity (Wildman–Crippen MR) is 112 cm³/mol. The highest BCUT2D eigenvalue weighted by Crippen LogP contribution is 2.34. The van der Waals surface area contributed by atoms with Crippen LogP contribution in [0.1, 0.15) is 22.5 Å². The van der Waals surface area contributed by atoms with Gasteiger partial charge in [0.15, 0.2) is 0 Å². The quantitative estimate of drug-likeness (QED) is 0.619. The number of rotatable bonds is 7. The molecule has 3 saturated heterocycles. The van der Waals surface area contributed by atoms with Gasteiger partial charge in [-0.3, -0.25) is 9.69 Å². The van der Waals surface area contributed by atoms with E-state index in [4.69, 9.17) is 14.2 Å². The van der Waals surface area contributed by atoms with E-state index < -0.39 is 5.97 Å². The number of anilines is 2. The fourth-order valence-corrected chi connectivity index (χ4v) is 4.92. The minimum atomic E-state index is -0.447. The molecule has 30 heavy (non-hydrogen) atoms. The Labute approximate surface area is 179 Å². The van der Waals surface area contributed by atoms with E-state index in [1.54, 1.807) is 41.8 Å². The lowest BCUT2D eigenvalue weighted by Gasteiger charge is -2.44. The van der Waals surface area contributed by atoms with Crippen molar-refractivity contribution in [2.75, 3.05) is 45.3 Å². The van der Waals surface area contributed by atoms with Gasteiger partial charge >= 0.3 is 11.9 Å². The molecule has 2 aromatic heterocycles. The first kappa shape index (κ1) is 20.6. The molecule has 3 fully saturated rings. The summed E-state index contributed by atoms with van der Waals surface area (Å²) < 4.78 is 15.9. The number of piperidine rings is 3. The van der Waals surface area contributed by atoms with Gasteiger partial charge in [-0.1, -0.05) is 0 Å². The molecule has 0 aromatic carbocycles. The van der Waals surface area contributed by atoms with Crippen molar-refractivity contribution in [3.8, 4) is 5.88 Å². The summed E-state index contributed by atoms with van der Waals surface area (Å²) in [5.74, 6) is 0.123. The van der Waals surface area contributed by atoms with E-state index in [1.807, 2.05) is 0 Å². The lowest BCUT2D eigenvalue weighted by atomic mass is 9.86. The van der Waals surface area contributed by atoms with Crippen molar-refractivity contribution in [2.45, 2.75) is 18.9 Å². The first-order chi connectivity index (χ1) is 14.6. The smallest absolute Gasteiger partial charge is 0.350 e. The highest BCUT2D eigenvalue weighted by molar-refractivity contribution is 7.12. The number of thiophene rings is 1. The molecule has 1 atom stereocenters. The van der Waals surface area contributed by atoms with Crippen molar-refractivity contribution in [3.05, 3.63) is 34.7 Å². The second-order valence-electron chi connectivity index (χ2n) is 7.44. The SMILES string of the molecule is COC(=O)c1sccc1N(CC(=O)OC1CN2CCC1CC2)c1ccc(OC)nc1. The maximum Gasteiger partial charge on any atom is 0.350 e. The van der Waals surface area contributed by atoms with Crippen molar-refractivity contribution >= 4 is 34.7 Å². The van der Waals surface area contributed by atoms with Gasteiger partial charge in [0, 0.05) is 12.6 Å². The van der Waals surface area contributed by atoms with Crippen LogP contribution in [0.15, 0.2) is 29.8 Å². The van der Waals surface area contributed by atoms with Crippen LogP contribution < -0.4 is 9.64 Å². The highest BCUT2D eigenvalue weighted by atomic mass is 32.1. The number of nitrogens with zero attached hydrogens (tertiary/aromatic N) is 3. The van der Waals surface area contributed by atoms with E-state index in [1.165, 1.54) is 18.4 Å². The van der Waals surface area contributed by atoms with Gasteiger partial charge < -0.3 is 19.1 Å². The van der Waals surface area contributed by atoms with Crippen molar-refractivity contribution in [1.82, 2.24) is 9.88 Å². The van der Waals surface area contributed by atoms with E-state index in [-0.39, 0.29) is 18.6 Å². The second-order valence-corrected chi connectivity index (χ2v) is 8.35. The van der Waals surface area contributed by atoms with Crippen LogP contribution in [-0.4, -0.2) is 68.3 Å². The van der Waals surface area contributed by atoms with Gasteiger partial charge in [-0.2, -0.15) is 0 Å². The van der Waals surface area contributed by atoms with Gasteiger partial charge in [0.05, 0.1) is 31.8 Å². The van der Waals surface area contributed by atoms with Crippen LogP contribution in [0.2, 0.25) is 0 Å². The molecule has 160 valence electrons. The Balaban J connectivity index is 1.56. The summed E-state index contributed by atoms with van der Waals surface area (Å²) in [7, 11) is 2.88. The number of pyridine rings is 1. The normalized spacial score (nSPS) is 22.4. The van der Waals surface area contributed by atoms with E-state index in [0.717, 1.165) is 32.5 Å². The van der Waals surface area contributed by atoms with Crippen LogP contribution in [0.25, 0.3) is 0 Å². The van der Waals surface area contributed by atoms with E-state index in [2.05, 4.69) is 9.88 Å². The van der Waals surface area contributed by atoms with Crippen LogP contribution in [-0.2, 0) is 14.3 Å². The van der Waals surface area contributed by atoms with Crippen LogP contribution in [0.3, 0.4) is 0 Å². The lowest BCUT2D eigenvalue weighted by Crippen LogP contribution is -2.52. The van der Waals surface area contributed by atoms with Gasteiger partial charge in [-0.25, -0.2) is 9.78 Å². The van der Waals surface area contributed by atoms with Gasteiger partial charge in [-0.15, -0.1) is 11.3 Å². The Morgan fingerprint density at radius 1 is 1.23 bits per heavy atom. The van der Waals surface area contributed by atoms with E-state index in [0.29, 0.717) is 28.0 Å². The number of ether oxygens (including phenoxy) is 3. The van der Waals surface area contributed by atoms with E-state index >= 15 is 0 Å². The maximum absolute atomic E-state index is 12.9. The van der Waals surface area contributed by atoms with Crippen molar-refractivity contribution in [1.29, 1.82) is 0 Å². The molecule has 8 nitrogen and oxygen atoms in total. The Hall–Kier alpha value is -2.65. The zero-order valence-corrected chi connectivity index (χ0v) is 17.9. The van der Waals surface area contributed by atoms with Crippen LogP contribution in [0.5, 0.6) is 5.88 Å². The molecule has 5 rings (SSSR count). The molecule has 5 heterocycles. The number of aromatic nitrogens is 1. The molecule has 0 saturated carbocycles. The average Bonchev–Trinajstić information content (AvgIpc) is 3.27. The fraction of sp³-hybridized carbons (Fsp3) is 0.476. The molecule has 0 radical (unpaired) electrons.